The molecule has 1 atom stereocenters. The van der Waals surface area contributed by atoms with Crippen LogP contribution in [0.3, 0.4) is 0 Å². The van der Waals surface area contributed by atoms with Crippen LogP contribution < -0.4 is 10.0 Å². The van der Waals surface area contributed by atoms with Crippen LogP contribution in [0.5, 0.6) is 0 Å². The van der Waals surface area contributed by atoms with Crippen LogP contribution in [0.15, 0.2) is 41.6 Å². The van der Waals surface area contributed by atoms with E-state index in [1.807, 2.05) is 0 Å². The minimum atomic E-state index is -3.66. The maximum Gasteiger partial charge on any atom is 0.243 e. The van der Waals surface area contributed by atoms with E-state index in [0.29, 0.717) is 6.54 Å². The standard InChI is InChI=1S/C15H19FN4O2S/c16-14-6-1-2-7-15(14)20-11-13(10-18-20)23(21,22)19-9-12-5-3-4-8-17-12/h1-2,6-7,10-12,17,19H,3-5,8-9H2/t12-/m1/s1. The van der Waals surface area contributed by atoms with Gasteiger partial charge in [0, 0.05) is 12.6 Å². The number of benzene rings is 1. The summed E-state index contributed by atoms with van der Waals surface area (Å²) in [5.41, 5.74) is 0.211. The first-order chi connectivity index (χ1) is 11.1. The summed E-state index contributed by atoms with van der Waals surface area (Å²) in [6, 6.07) is 6.23. The average Bonchev–Trinajstić information content (AvgIpc) is 3.05. The lowest BCUT2D eigenvalue weighted by molar-refractivity contribution is 0.398. The lowest BCUT2D eigenvalue weighted by atomic mass is 10.1. The van der Waals surface area contributed by atoms with Gasteiger partial charge >= 0.3 is 0 Å². The average molecular weight is 338 g/mol. The predicted molar refractivity (Wildman–Crippen MR) is 84.4 cm³/mol. The number of para-hydroxylation sites is 1. The summed E-state index contributed by atoms with van der Waals surface area (Å²) in [6.45, 7) is 1.25. The third-order valence-corrected chi connectivity index (χ3v) is 5.28. The number of nitrogens with zero attached hydrogens (tertiary/aromatic N) is 2. The Morgan fingerprint density at radius 2 is 2.17 bits per heavy atom. The number of rotatable bonds is 5. The van der Waals surface area contributed by atoms with Crippen LogP contribution in [0.2, 0.25) is 0 Å². The fourth-order valence-electron chi connectivity index (χ4n) is 2.61. The molecule has 2 heterocycles. The number of nitrogens with one attached hydrogen (secondary N) is 2. The van der Waals surface area contributed by atoms with E-state index < -0.39 is 15.8 Å². The van der Waals surface area contributed by atoms with Gasteiger partial charge in [-0.3, -0.25) is 0 Å². The Morgan fingerprint density at radius 1 is 1.35 bits per heavy atom. The maximum atomic E-state index is 13.7. The summed E-state index contributed by atoms with van der Waals surface area (Å²) in [5.74, 6) is -0.459. The second-order valence-corrected chi connectivity index (χ2v) is 7.34. The second kappa shape index (κ2) is 6.77. The summed E-state index contributed by atoms with van der Waals surface area (Å²) < 4.78 is 42.2. The van der Waals surface area contributed by atoms with Crippen molar-refractivity contribution in [3.05, 3.63) is 42.5 Å². The first-order valence-electron chi connectivity index (χ1n) is 7.59. The van der Waals surface area contributed by atoms with E-state index in [0.717, 1.165) is 25.8 Å². The van der Waals surface area contributed by atoms with Crippen LogP contribution in [0, 0.1) is 5.82 Å². The van der Waals surface area contributed by atoms with Crippen molar-refractivity contribution in [3.8, 4) is 5.69 Å². The smallest absolute Gasteiger partial charge is 0.243 e. The van der Waals surface area contributed by atoms with E-state index in [1.165, 1.54) is 29.2 Å². The summed E-state index contributed by atoms with van der Waals surface area (Å²) in [7, 11) is -3.66. The van der Waals surface area contributed by atoms with E-state index in [1.54, 1.807) is 12.1 Å². The van der Waals surface area contributed by atoms with Gasteiger partial charge in [0.15, 0.2) is 0 Å². The molecule has 0 aliphatic carbocycles. The number of aromatic nitrogens is 2. The van der Waals surface area contributed by atoms with Crippen LogP contribution in [-0.2, 0) is 10.0 Å². The Kier molecular flexibility index (Phi) is 4.74. The molecule has 6 nitrogen and oxygen atoms in total. The molecule has 0 bridgehead atoms. The van der Waals surface area contributed by atoms with Crippen molar-refractivity contribution in [3.63, 3.8) is 0 Å². The molecule has 1 fully saturated rings. The Hall–Kier alpha value is -1.77. The van der Waals surface area contributed by atoms with Crippen molar-refractivity contribution in [2.75, 3.05) is 13.1 Å². The van der Waals surface area contributed by atoms with Crippen molar-refractivity contribution in [2.24, 2.45) is 0 Å². The monoisotopic (exact) mass is 338 g/mol. The molecule has 1 aliphatic rings. The molecule has 1 aliphatic heterocycles. The van der Waals surface area contributed by atoms with Crippen LogP contribution in [0.4, 0.5) is 4.39 Å². The van der Waals surface area contributed by atoms with E-state index >= 15 is 0 Å². The van der Waals surface area contributed by atoms with Crippen LogP contribution in [-0.4, -0.2) is 37.3 Å². The quantitative estimate of drug-likeness (QED) is 0.865. The zero-order valence-corrected chi connectivity index (χ0v) is 13.4. The molecule has 2 aromatic rings. The lowest BCUT2D eigenvalue weighted by Gasteiger charge is -2.23. The summed E-state index contributed by atoms with van der Waals surface area (Å²) >= 11 is 0. The number of hydrogen-bond donors (Lipinski definition) is 2. The van der Waals surface area contributed by atoms with Gasteiger partial charge in [0.25, 0.3) is 0 Å². The molecule has 124 valence electrons. The van der Waals surface area contributed by atoms with Gasteiger partial charge in [-0.1, -0.05) is 18.6 Å². The highest BCUT2D eigenvalue weighted by Crippen LogP contribution is 2.15. The minimum Gasteiger partial charge on any atom is -0.313 e. The molecule has 23 heavy (non-hydrogen) atoms. The predicted octanol–water partition coefficient (Wildman–Crippen LogP) is 1.43. The molecule has 8 heteroatoms. The van der Waals surface area contributed by atoms with E-state index in [2.05, 4.69) is 15.1 Å². The fourth-order valence-corrected chi connectivity index (χ4v) is 3.62. The van der Waals surface area contributed by atoms with Gasteiger partial charge in [-0.15, -0.1) is 0 Å². The molecule has 0 amide bonds. The van der Waals surface area contributed by atoms with Crippen molar-refractivity contribution >= 4 is 10.0 Å². The summed E-state index contributed by atoms with van der Waals surface area (Å²) in [5, 5.41) is 7.23. The lowest BCUT2D eigenvalue weighted by Crippen LogP contribution is -2.43. The third-order valence-electron chi connectivity index (χ3n) is 3.90. The fraction of sp³-hybridized carbons (Fsp3) is 0.400. The van der Waals surface area contributed by atoms with Crippen LogP contribution >= 0.6 is 0 Å². The van der Waals surface area contributed by atoms with E-state index in [9.17, 15) is 12.8 Å². The van der Waals surface area contributed by atoms with Crippen LogP contribution in [0.1, 0.15) is 19.3 Å². The molecule has 1 aromatic carbocycles. The Labute approximate surface area is 134 Å². The minimum absolute atomic E-state index is 0.0246. The zero-order valence-electron chi connectivity index (χ0n) is 12.6. The van der Waals surface area contributed by atoms with Gasteiger partial charge in [-0.05, 0) is 31.5 Å². The number of hydrogen-bond acceptors (Lipinski definition) is 4. The first kappa shape index (κ1) is 16.1. The highest BCUT2D eigenvalue weighted by Gasteiger charge is 2.20. The maximum absolute atomic E-state index is 13.7. The molecule has 1 aromatic heterocycles. The highest BCUT2D eigenvalue weighted by molar-refractivity contribution is 7.89. The summed E-state index contributed by atoms with van der Waals surface area (Å²) in [4.78, 5) is 0.0246. The number of sulfonamides is 1. The number of piperidine rings is 1. The Balaban J connectivity index is 1.72. The van der Waals surface area contributed by atoms with Crippen LogP contribution in [0.25, 0.3) is 5.69 Å². The van der Waals surface area contributed by atoms with Crippen molar-refractivity contribution in [1.29, 1.82) is 0 Å². The van der Waals surface area contributed by atoms with Gasteiger partial charge in [-0.2, -0.15) is 5.10 Å². The van der Waals surface area contributed by atoms with E-state index in [4.69, 9.17) is 0 Å². The van der Waals surface area contributed by atoms with Gasteiger partial charge in [0.1, 0.15) is 16.4 Å². The number of halogens is 1. The molecule has 0 radical (unpaired) electrons. The van der Waals surface area contributed by atoms with Crippen molar-refractivity contribution in [1.82, 2.24) is 19.8 Å². The van der Waals surface area contributed by atoms with Crippen molar-refractivity contribution < 1.29 is 12.8 Å². The Morgan fingerprint density at radius 3 is 2.91 bits per heavy atom. The zero-order chi connectivity index (χ0) is 16.3. The molecular weight excluding hydrogens is 319 g/mol. The molecule has 0 unspecified atom stereocenters. The normalized spacial score (nSPS) is 18.9. The first-order valence-corrected chi connectivity index (χ1v) is 9.07. The topological polar surface area (TPSA) is 76.0 Å². The molecule has 0 saturated carbocycles. The molecule has 2 N–H and O–H groups in total. The molecule has 0 spiro atoms. The summed E-state index contributed by atoms with van der Waals surface area (Å²) in [6.07, 6.45) is 5.72. The largest absolute Gasteiger partial charge is 0.313 e. The van der Waals surface area contributed by atoms with Gasteiger partial charge < -0.3 is 5.32 Å². The third kappa shape index (κ3) is 3.77. The SMILES string of the molecule is O=S(=O)(NC[C@H]1CCCCN1)c1cnn(-c2ccccc2F)c1. The Bertz CT molecular complexity index is 769. The van der Waals surface area contributed by atoms with Crippen molar-refractivity contribution in [2.45, 2.75) is 30.2 Å². The van der Waals surface area contributed by atoms with E-state index in [-0.39, 0.29) is 16.6 Å². The van der Waals surface area contributed by atoms with Gasteiger partial charge in [0.2, 0.25) is 10.0 Å². The second-order valence-electron chi connectivity index (χ2n) is 5.57. The molecule has 1 saturated heterocycles. The molecular formula is C15H19FN4O2S. The highest BCUT2D eigenvalue weighted by atomic mass is 32.2. The molecule has 3 rings (SSSR count). The van der Waals surface area contributed by atoms with Gasteiger partial charge in [0.05, 0.1) is 12.4 Å². The van der Waals surface area contributed by atoms with Gasteiger partial charge in [-0.25, -0.2) is 22.2 Å².